The lowest BCUT2D eigenvalue weighted by molar-refractivity contribution is -0.126. The van der Waals surface area contributed by atoms with E-state index in [1.807, 2.05) is 39.1 Å². The van der Waals surface area contributed by atoms with Crippen LogP contribution < -0.4 is 20.7 Å². The van der Waals surface area contributed by atoms with Crippen LogP contribution in [0.3, 0.4) is 0 Å². The molecule has 6 nitrogen and oxygen atoms in total. The summed E-state index contributed by atoms with van der Waals surface area (Å²) in [6.07, 6.45) is -0.771. The summed E-state index contributed by atoms with van der Waals surface area (Å²) in [6.45, 7) is 5.61. The number of carbonyl (C=O) groups is 2. The lowest BCUT2D eigenvalue weighted by atomic mass is 10.0. The molecule has 21 heavy (non-hydrogen) atoms. The molecule has 0 bridgehead atoms. The second kappa shape index (κ2) is 7.64. The average Bonchev–Trinajstić information content (AvgIpc) is 2.47. The van der Waals surface area contributed by atoms with Crippen molar-refractivity contribution in [3.05, 3.63) is 29.3 Å². The second-order valence-electron chi connectivity index (χ2n) is 4.88. The van der Waals surface area contributed by atoms with Gasteiger partial charge in [-0.2, -0.15) is 0 Å². The highest BCUT2D eigenvalue weighted by molar-refractivity contribution is 5.96. The molecular weight excluding hydrogens is 270 g/mol. The maximum Gasteiger partial charge on any atom is 0.321 e. The van der Waals surface area contributed by atoms with Crippen LogP contribution in [0.25, 0.3) is 0 Å². The molecule has 116 valence electrons. The number of carbonyl (C=O) groups excluding carboxylic acids is 2. The SMILES string of the molecule is CNC(=O)NC(=O)C(C)Oc1ccc(C)cc1C(C)NC. The molecule has 0 aliphatic carbocycles. The molecule has 6 heteroatoms. The highest BCUT2D eigenvalue weighted by atomic mass is 16.5. The van der Waals surface area contributed by atoms with Gasteiger partial charge in [-0.05, 0) is 33.9 Å². The first-order chi connectivity index (χ1) is 9.88. The van der Waals surface area contributed by atoms with Crippen molar-refractivity contribution in [1.82, 2.24) is 16.0 Å². The van der Waals surface area contributed by atoms with Gasteiger partial charge in [0.2, 0.25) is 0 Å². The molecular formula is C15H23N3O3. The molecule has 0 heterocycles. The highest BCUT2D eigenvalue weighted by Gasteiger charge is 2.19. The summed E-state index contributed by atoms with van der Waals surface area (Å²) in [5.74, 6) is 0.139. The molecule has 0 aliphatic heterocycles. The summed E-state index contributed by atoms with van der Waals surface area (Å²) in [7, 11) is 3.30. The largest absolute Gasteiger partial charge is 0.481 e. The Bertz CT molecular complexity index is 517. The number of aryl methyl sites for hydroxylation is 1. The third-order valence-corrected chi connectivity index (χ3v) is 3.20. The van der Waals surface area contributed by atoms with Crippen LogP contribution in [0.2, 0.25) is 0 Å². The van der Waals surface area contributed by atoms with Crippen LogP contribution in [0.4, 0.5) is 4.79 Å². The first-order valence-corrected chi connectivity index (χ1v) is 6.86. The summed E-state index contributed by atoms with van der Waals surface area (Å²) in [5.41, 5.74) is 2.08. The molecule has 1 rings (SSSR count). The van der Waals surface area contributed by atoms with Crippen LogP contribution in [-0.2, 0) is 4.79 Å². The minimum atomic E-state index is -0.771. The third kappa shape index (κ3) is 4.75. The van der Waals surface area contributed by atoms with E-state index in [4.69, 9.17) is 4.74 Å². The fraction of sp³-hybridized carbons (Fsp3) is 0.467. The molecule has 0 aromatic heterocycles. The van der Waals surface area contributed by atoms with Crippen LogP contribution in [0.15, 0.2) is 18.2 Å². The van der Waals surface area contributed by atoms with E-state index in [9.17, 15) is 9.59 Å². The zero-order valence-corrected chi connectivity index (χ0v) is 13.1. The van der Waals surface area contributed by atoms with Gasteiger partial charge in [0.05, 0.1) is 0 Å². The third-order valence-electron chi connectivity index (χ3n) is 3.20. The smallest absolute Gasteiger partial charge is 0.321 e. The molecule has 0 radical (unpaired) electrons. The Hall–Kier alpha value is -2.08. The van der Waals surface area contributed by atoms with Gasteiger partial charge in [-0.3, -0.25) is 10.1 Å². The maximum atomic E-state index is 11.8. The van der Waals surface area contributed by atoms with Crippen molar-refractivity contribution in [1.29, 1.82) is 0 Å². The molecule has 0 saturated carbocycles. The number of imide groups is 1. The second-order valence-corrected chi connectivity index (χ2v) is 4.88. The van der Waals surface area contributed by atoms with Crippen LogP contribution in [0.5, 0.6) is 5.75 Å². The van der Waals surface area contributed by atoms with Crippen molar-refractivity contribution < 1.29 is 14.3 Å². The number of rotatable bonds is 5. The number of benzene rings is 1. The van der Waals surface area contributed by atoms with E-state index in [1.54, 1.807) is 6.92 Å². The van der Waals surface area contributed by atoms with Crippen molar-refractivity contribution >= 4 is 11.9 Å². The van der Waals surface area contributed by atoms with Crippen LogP contribution >= 0.6 is 0 Å². The first kappa shape index (κ1) is 17.0. The van der Waals surface area contributed by atoms with E-state index in [-0.39, 0.29) is 6.04 Å². The summed E-state index contributed by atoms with van der Waals surface area (Å²) in [6, 6.07) is 5.31. The Labute approximate surface area is 125 Å². The van der Waals surface area contributed by atoms with E-state index in [0.29, 0.717) is 5.75 Å². The summed E-state index contributed by atoms with van der Waals surface area (Å²) < 4.78 is 5.70. The zero-order chi connectivity index (χ0) is 16.0. The minimum Gasteiger partial charge on any atom is -0.481 e. The van der Waals surface area contributed by atoms with Gasteiger partial charge in [0.15, 0.2) is 6.10 Å². The predicted molar refractivity (Wildman–Crippen MR) is 81.3 cm³/mol. The quantitative estimate of drug-likeness (QED) is 0.768. The van der Waals surface area contributed by atoms with E-state index >= 15 is 0 Å². The molecule has 0 aliphatic rings. The molecule has 1 aromatic rings. The number of hydrogen-bond acceptors (Lipinski definition) is 4. The summed E-state index contributed by atoms with van der Waals surface area (Å²) in [4.78, 5) is 23.0. The molecule has 0 saturated heterocycles. The maximum absolute atomic E-state index is 11.8. The van der Waals surface area contributed by atoms with Crippen molar-refractivity contribution in [2.45, 2.75) is 32.9 Å². The molecule has 0 fully saturated rings. The lowest BCUT2D eigenvalue weighted by Gasteiger charge is -2.20. The Morgan fingerprint density at radius 2 is 1.86 bits per heavy atom. The highest BCUT2D eigenvalue weighted by Crippen LogP contribution is 2.27. The molecule has 0 spiro atoms. The Balaban J connectivity index is 2.87. The van der Waals surface area contributed by atoms with Crippen LogP contribution in [-0.4, -0.2) is 32.1 Å². The monoisotopic (exact) mass is 293 g/mol. The van der Waals surface area contributed by atoms with Gasteiger partial charge in [0, 0.05) is 18.7 Å². The number of ether oxygens (including phenoxy) is 1. The molecule has 3 amide bonds. The fourth-order valence-corrected chi connectivity index (χ4v) is 1.79. The molecule has 2 unspecified atom stereocenters. The van der Waals surface area contributed by atoms with Gasteiger partial charge in [-0.1, -0.05) is 17.7 Å². The first-order valence-electron chi connectivity index (χ1n) is 6.86. The number of hydrogen-bond donors (Lipinski definition) is 3. The topological polar surface area (TPSA) is 79.5 Å². The van der Waals surface area contributed by atoms with Gasteiger partial charge in [0.1, 0.15) is 5.75 Å². The van der Waals surface area contributed by atoms with Gasteiger partial charge in [-0.25, -0.2) is 4.79 Å². The van der Waals surface area contributed by atoms with Crippen molar-refractivity contribution in [2.24, 2.45) is 0 Å². The lowest BCUT2D eigenvalue weighted by Crippen LogP contribution is -2.44. The van der Waals surface area contributed by atoms with Gasteiger partial charge >= 0.3 is 6.03 Å². The normalized spacial score (nSPS) is 13.2. The summed E-state index contributed by atoms with van der Waals surface area (Å²) >= 11 is 0. The van der Waals surface area contributed by atoms with E-state index in [0.717, 1.165) is 11.1 Å². The summed E-state index contributed by atoms with van der Waals surface area (Å²) in [5, 5.41) is 7.67. The van der Waals surface area contributed by atoms with E-state index < -0.39 is 18.0 Å². The fourth-order valence-electron chi connectivity index (χ4n) is 1.79. The van der Waals surface area contributed by atoms with Crippen LogP contribution in [0.1, 0.15) is 31.0 Å². The Morgan fingerprint density at radius 3 is 2.43 bits per heavy atom. The zero-order valence-electron chi connectivity index (χ0n) is 13.1. The standard InChI is InChI=1S/C15H23N3O3/c1-9-6-7-13(12(8-9)10(2)16-4)21-11(3)14(19)18-15(20)17-5/h6-8,10-11,16H,1-5H3,(H2,17,18,19,20). The van der Waals surface area contributed by atoms with Gasteiger partial charge in [-0.15, -0.1) is 0 Å². The van der Waals surface area contributed by atoms with Crippen LogP contribution in [0, 0.1) is 6.92 Å². The number of amides is 3. The van der Waals surface area contributed by atoms with Crippen molar-refractivity contribution in [3.63, 3.8) is 0 Å². The predicted octanol–water partition coefficient (Wildman–Crippen LogP) is 1.50. The van der Waals surface area contributed by atoms with Crippen molar-refractivity contribution in [3.8, 4) is 5.75 Å². The van der Waals surface area contributed by atoms with Crippen molar-refractivity contribution in [2.75, 3.05) is 14.1 Å². The average molecular weight is 293 g/mol. The van der Waals surface area contributed by atoms with Gasteiger partial charge in [0.25, 0.3) is 5.91 Å². The minimum absolute atomic E-state index is 0.0918. The number of nitrogens with one attached hydrogen (secondary N) is 3. The molecule has 1 aromatic carbocycles. The van der Waals surface area contributed by atoms with E-state index in [1.165, 1.54) is 7.05 Å². The molecule has 2 atom stereocenters. The number of urea groups is 1. The van der Waals surface area contributed by atoms with Gasteiger partial charge < -0.3 is 15.4 Å². The Morgan fingerprint density at radius 1 is 1.19 bits per heavy atom. The van der Waals surface area contributed by atoms with E-state index in [2.05, 4.69) is 16.0 Å². The molecule has 3 N–H and O–H groups in total. The Kier molecular flexibility index (Phi) is 6.17.